The van der Waals surface area contributed by atoms with Crippen LogP contribution >= 0.6 is 11.3 Å². The third-order valence-electron chi connectivity index (χ3n) is 7.33. The van der Waals surface area contributed by atoms with Gasteiger partial charge in [0.1, 0.15) is 22.9 Å². The number of aryl methyl sites for hydroxylation is 2. The number of thiophene rings is 1. The lowest BCUT2D eigenvalue weighted by molar-refractivity contribution is -0.135. The van der Waals surface area contributed by atoms with E-state index in [1.165, 1.54) is 23.0 Å². The fourth-order valence-electron chi connectivity index (χ4n) is 5.51. The van der Waals surface area contributed by atoms with Crippen LogP contribution in [-0.4, -0.2) is 46.7 Å². The van der Waals surface area contributed by atoms with Crippen molar-refractivity contribution in [2.45, 2.75) is 64.5 Å². The highest BCUT2D eigenvalue weighted by atomic mass is 32.1. The number of carbonyl (C=O) groups excluding carboxylic acids is 1. The minimum atomic E-state index is -0.524. The number of nitrogens with zero attached hydrogens (tertiary/aromatic N) is 3. The van der Waals surface area contributed by atoms with E-state index in [9.17, 15) is 14.4 Å². The van der Waals surface area contributed by atoms with Crippen LogP contribution in [0.3, 0.4) is 0 Å². The molecule has 0 radical (unpaired) electrons. The molecular weight excluding hydrogens is 466 g/mol. The van der Waals surface area contributed by atoms with Crippen molar-refractivity contribution < 1.29 is 14.3 Å². The van der Waals surface area contributed by atoms with Gasteiger partial charge in [0.25, 0.3) is 5.56 Å². The molecule has 0 saturated carbocycles. The zero-order valence-electron chi connectivity index (χ0n) is 20.5. The predicted octanol–water partition coefficient (Wildman–Crippen LogP) is 3.51. The molecule has 1 atom stereocenters. The summed E-state index contributed by atoms with van der Waals surface area (Å²) in [5.74, 6) is 0.845. The molecule has 1 aliphatic heterocycles. The zero-order chi connectivity index (χ0) is 24.7. The minimum absolute atomic E-state index is 0.0691. The van der Waals surface area contributed by atoms with Gasteiger partial charge in [0.2, 0.25) is 5.91 Å². The first-order valence-electron chi connectivity index (χ1n) is 12.3. The molecule has 0 bridgehead atoms. The molecule has 0 spiro atoms. The number of benzene rings is 1. The standard InChI is InChI=1S/C26H31N3O5S/c1-4-16-8-5-6-13-27(16)22(30)15-28-25-23(18-9-7-10-21(18)35-25)24(31)29(26(28)32)19-12-11-17(33-2)14-20(19)34-3/h11-12,14,16H,4-10,13,15H2,1-3H3/t16-/m1/s1. The Morgan fingerprint density at radius 2 is 1.94 bits per heavy atom. The third kappa shape index (κ3) is 3.95. The Kier molecular flexibility index (Phi) is 6.44. The quantitative estimate of drug-likeness (QED) is 0.521. The van der Waals surface area contributed by atoms with Gasteiger partial charge in [-0.3, -0.25) is 14.2 Å². The van der Waals surface area contributed by atoms with Crippen LogP contribution in [0.15, 0.2) is 27.8 Å². The van der Waals surface area contributed by atoms with E-state index in [1.54, 1.807) is 25.3 Å². The van der Waals surface area contributed by atoms with Gasteiger partial charge in [0.15, 0.2) is 0 Å². The first-order chi connectivity index (χ1) is 17.0. The summed E-state index contributed by atoms with van der Waals surface area (Å²) in [6.07, 6.45) is 6.67. The van der Waals surface area contributed by atoms with Crippen LogP contribution in [0.4, 0.5) is 0 Å². The Bertz CT molecular complexity index is 1400. The first-order valence-corrected chi connectivity index (χ1v) is 13.1. The van der Waals surface area contributed by atoms with Gasteiger partial charge in [0, 0.05) is 23.5 Å². The number of carbonyl (C=O) groups is 1. The van der Waals surface area contributed by atoms with E-state index >= 15 is 0 Å². The lowest BCUT2D eigenvalue weighted by Gasteiger charge is -2.35. The number of piperidine rings is 1. The van der Waals surface area contributed by atoms with Crippen LogP contribution in [0.2, 0.25) is 0 Å². The number of ether oxygens (including phenoxy) is 2. The van der Waals surface area contributed by atoms with Gasteiger partial charge >= 0.3 is 5.69 Å². The van der Waals surface area contributed by atoms with Crippen molar-refractivity contribution in [3.05, 3.63) is 49.5 Å². The zero-order valence-corrected chi connectivity index (χ0v) is 21.3. The largest absolute Gasteiger partial charge is 0.497 e. The Labute approximate surface area is 207 Å². The van der Waals surface area contributed by atoms with E-state index in [2.05, 4.69) is 6.92 Å². The molecule has 186 valence electrons. The molecule has 1 amide bonds. The fourth-order valence-corrected chi connectivity index (χ4v) is 6.88. The Morgan fingerprint density at radius 3 is 2.69 bits per heavy atom. The van der Waals surface area contributed by atoms with Crippen LogP contribution in [0.5, 0.6) is 11.5 Å². The van der Waals surface area contributed by atoms with Crippen molar-refractivity contribution in [2.24, 2.45) is 0 Å². The number of rotatable bonds is 6. The summed E-state index contributed by atoms with van der Waals surface area (Å²) >= 11 is 1.48. The summed E-state index contributed by atoms with van der Waals surface area (Å²) in [4.78, 5) is 44.9. The maximum absolute atomic E-state index is 13.9. The number of hydrogen-bond acceptors (Lipinski definition) is 6. The van der Waals surface area contributed by atoms with Crippen molar-refractivity contribution in [3.8, 4) is 17.2 Å². The second kappa shape index (κ2) is 9.53. The topological polar surface area (TPSA) is 82.8 Å². The smallest absolute Gasteiger partial charge is 0.337 e. The van der Waals surface area contributed by atoms with Crippen LogP contribution < -0.4 is 20.7 Å². The molecule has 9 heteroatoms. The normalized spacial score (nSPS) is 17.6. The summed E-state index contributed by atoms with van der Waals surface area (Å²) in [5.41, 5.74) is 0.473. The maximum Gasteiger partial charge on any atom is 0.337 e. The Hall–Kier alpha value is -3.07. The van der Waals surface area contributed by atoms with Gasteiger partial charge in [-0.1, -0.05) is 6.92 Å². The molecule has 8 nitrogen and oxygen atoms in total. The maximum atomic E-state index is 13.9. The molecule has 0 N–H and O–H groups in total. The van der Waals surface area contributed by atoms with E-state index in [1.807, 2.05) is 4.90 Å². The predicted molar refractivity (Wildman–Crippen MR) is 136 cm³/mol. The molecule has 3 aromatic rings. The number of methoxy groups -OCH3 is 2. The summed E-state index contributed by atoms with van der Waals surface area (Å²) in [7, 11) is 3.04. The van der Waals surface area contributed by atoms with Crippen molar-refractivity contribution in [1.82, 2.24) is 14.0 Å². The Morgan fingerprint density at radius 1 is 1.11 bits per heavy atom. The van der Waals surface area contributed by atoms with Crippen LogP contribution in [0, 0.1) is 0 Å². The van der Waals surface area contributed by atoms with Gasteiger partial charge in [-0.2, -0.15) is 0 Å². The summed E-state index contributed by atoms with van der Waals surface area (Å²) < 4.78 is 13.5. The van der Waals surface area contributed by atoms with Crippen molar-refractivity contribution >= 4 is 27.5 Å². The average molecular weight is 498 g/mol. The fraction of sp³-hybridized carbons (Fsp3) is 0.500. The van der Waals surface area contributed by atoms with Gasteiger partial charge in [-0.05, 0) is 62.6 Å². The third-order valence-corrected chi connectivity index (χ3v) is 8.64. The second-order valence-electron chi connectivity index (χ2n) is 9.23. The number of aromatic nitrogens is 2. The van der Waals surface area contributed by atoms with Crippen molar-refractivity contribution in [3.63, 3.8) is 0 Å². The van der Waals surface area contributed by atoms with Gasteiger partial charge in [-0.15, -0.1) is 11.3 Å². The average Bonchev–Trinajstić information content (AvgIpc) is 3.48. The van der Waals surface area contributed by atoms with Crippen LogP contribution in [-0.2, 0) is 24.2 Å². The summed E-state index contributed by atoms with van der Waals surface area (Å²) in [6.45, 7) is 2.73. The number of fused-ring (bicyclic) bond motifs is 3. The van der Waals surface area contributed by atoms with Gasteiger partial charge in [-0.25, -0.2) is 9.36 Å². The van der Waals surface area contributed by atoms with Crippen molar-refractivity contribution in [1.29, 1.82) is 0 Å². The SMILES string of the molecule is CC[C@@H]1CCCCN1C(=O)Cn1c(=O)n(-c2ccc(OC)cc2OC)c(=O)c2c3c(sc21)CCC3. The highest BCUT2D eigenvalue weighted by molar-refractivity contribution is 7.19. The molecule has 35 heavy (non-hydrogen) atoms. The second-order valence-corrected chi connectivity index (χ2v) is 10.3. The number of amides is 1. The van der Waals surface area contributed by atoms with E-state index < -0.39 is 5.69 Å². The van der Waals surface area contributed by atoms with E-state index in [4.69, 9.17) is 9.47 Å². The van der Waals surface area contributed by atoms with Gasteiger partial charge in [0.05, 0.1) is 25.3 Å². The molecule has 1 aromatic carbocycles. The van der Waals surface area contributed by atoms with Crippen molar-refractivity contribution in [2.75, 3.05) is 20.8 Å². The number of hydrogen-bond donors (Lipinski definition) is 0. The highest BCUT2D eigenvalue weighted by Gasteiger charge is 2.30. The monoisotopic (exact) mass is 497 g/mol. The summed E-state index contributed by atoms with van der Waals surface area (Å²) in [6, 6.07) is 5.20. The highest BCUT2D eigenvalue weighted by Crippen LogP contribution is 2.36. The number of likely N-dealkylation sites (tertiary alicyclic amines) is 1. The summed E-state index contributed by atoms with van der Waals surface area (Å²) in [5, 5.41) is 0.554. The van der Waals surface area contributed by atoms with Crippen LogP contribution in [0.1, 0.15) is 49.5 Å². The van der Waals surface area contributed by atoms with E-state index in [-0.39, 0.29) is 24.1 Å². The molecule has 1 aliphatic carbocycles. The lowest BCUT2D eigenvalue weighted by Crippen LogP contribution is -2.47. The molecule has 5 rings (SSSR count). The van der Waals surface area contributed by atoms with Crippen LogP contribution in [0.25, 0.3) is 15.9 Å². The molecule has 2 aromatic heterocycles. The van der Waals surface area contributed by atoms with Gasteiger partial charge < -0.3 is 14.4 Å². The lowest BCUT2D eigenvalue weighted by atomic mass is 10.00. The Balaban J connectivity index is 1.71. The van der Waals surface area contributed by atoms with E-state index in [0.29, 0.717) is 33.9 Å². The molecule has 0 unspecified atom stereocenters. The van der Waals surface area contributed by atoms with E-state index in [0.717, 1.165) is 60.0 Å². The molecule has 2 aliphatic rings. The molecule has 3 heterocycles. The molecular formula is C26H31N3O5S. The first kappa shape index (κ1) is 23.7. The molecule has 1 fully saturated rings. The minimum Gasteiger partial charge on any atom is -0.497 e. The molecule has 1 saturated heterocycles.